The van der Waals surface area contributed by atoms with Crippen molar-refractivity contribution >= 4 is 17.7 Å². The molecule has 0 aromatic carbocycles. The number of fused-ring (bicyclic) bond motifs is 1. The van der Waals surface area contributed by atoms with E-state index < -0.39 is 5.54 Å². The Morgan fingerprint density at radius 1 is 1.52 bits per heavy atom. The minimum absolute atomic E-state index is 0.0974. The molecule has 1 amide bonds. The lowest BCUT2D eigenvalue weighted by molar-refractivity contribution is -0.230. The van der Waals surface area contributed by atoms with Crippen molar-refractivity contribution in [2.24, 2.45) is 17.1 Å². The highest BCUT2D eigenvalue weighted by atomic mass is 32.2. The van der Waals surface area contributed by atoms with Gasteiger partial charge in [0, 0.05) is 36.8 Å². The molecule has 0 bridgehead atoms. The summed E-state index contributed by atoms with van der Waals surface area (Å²) in [5, 5.41) is 0. The second-order valence-corrected chi connectivity index (χ2v) is 7.97. The first-order valence-electron chi connectivity index (χ1n) is 7.99. The van der Waals surface area contributed by atoms with Crippen LogP contribution in [0.3, 0.4) is 0 Å². The average Bonchev–Trinajstić information content (AvgIpc) is 2.50. The lowest BCUT2D eigenvalue weighted by atomic mass is 9.46. The zero-order valence-electron chi connectivity index (χ0n) is 14.0. The van der Waals surface area contributed by atoms with Crippen molar-refractivity contribution < 1.29 is 9.53 Å². The number of hydrogen-bond acceptors (Lipinski definition) is 4. The number of hydrogen-bond donors (Lipinski definition) is 1. The first-order chi connectivity index (χ1) is 9.82. The number of rotatable bonds is 5. The monoisotopic (exact) mass is 314 g/mol. The third kappa shape index (κ3) is 2.41. The molecule has 1 heterocycles. The molecule has 2 fully saturated rings. The van der Waals surface area contributed by atoms with E-state index in [9.17, 15) is 4.79 Å². The van der Waals surface area contributed by atoms with Crippen LogP contribution in [0.4, 0.5) is 0 Å². The Morgan fingerprint density at radius 2 is 2.19 bits per heavy atom. The third-order valence-electron chi connectivity index (χ3n) is 5.74. The number of nitrogens with two attached hydrogens (primary N) is 1. The topological polar surface area (TPSA) is 55.6 Å². The summed E-state index contributed by atoms with van der Waals surface area (Å²) in [5.74, 6) is 1.22. The van der Waals surface area contributed by atoms with E-state index in [1.165, 1.54) is 0 Å². The maximum absolute atomic E-state index is 13.1. The van der Waals surface area contributed by atoms with Crippen LogP contribution in [0.15, 0.2) is 0 Å². The minimum atomic E-state index is -0.779. The Hall–Kier alpha value is -0.260. The molecule has 1 saturated heterocycles. The first-order valence-corrected chi connectivity index (χ1v) is 9.38. The number of ether oxygens (including phenoxy) is 1. The summed E-state index contributed by atoms with van der Waals surface area (Å²) in [4.78, 5) is 15.0. The number of carbonyl (C=O) groups excluding carboxylic acids is 1. The van der Waals surface area contributed by atoms with Gasteiger partial charge in [-0.15, -0.1) is 0 Å². The quantitative estimate of drug-likeness (QED) is 0.844. The summed E-state index contributed by atoms with van der Waals surface area (Å²) in [7, 11) is 1.91. The molecule has 0 aromatic rings. The fourth-order valence-electron chi connectivity index (χ4n) is 4.16. The average molecular weight is 314 g/mol. The highest BCUT2D eigenvalue weighted by Crippen LogP contribution is 2.58. The molecule has 4 atom stereocenters. The van der Waals surface area contributed by atoms with Gasteiger partial charge in [0.2, 0.25) is 5.91 Å². The van der Waals surface area contributed by atoms with Crippen molar-refractivity contribution in [1.82, 2.24) is 4.90 Å². The van der Waals surface area contributed by atoms with Crippen molar-refractivity contribution in [3.63, 3.8) is 0 Å². The van der Waals surface area contributed by atoms with Crippen LogP contribution in [-0.4, -0.2) is 54.2 Å². The highest BCUT2D eigenvalue weighted by molar-refractivity contribution is 7.98. The van der Waals surface area contributed by atoms with Gasteiger partial charge in [0.15, 0.2) is 0 Å². The summed E-state index contributed by atoms with van der Waals surface area (Å²) in [6, 6.07) is 0.257. The van der Waals surface area contributed by atoms with Gasteiger partial charge in [-0.2, -0.15) is 11.8 Å². The van der Waals surface area contributed by atoms with E-state index in [2.05, 4.69) is 27.0 Å². The molecule has 0 aromatic heterocycles. The van der Waals surface area contributed by atoms with Crippen molar-refractivity contribution in [1.29, 1.82) is 0 Å². The van der Waals surface area contributed by atoms with Crippen LogP contribution < -0.4 is 5.73 Å². The molecule has 5 heteroatoms. The maximum Gasteiger partial charge on any atom is 0.243 e. The predicted octanol–water partition coefficient (Wildman–Crippen LogP) is 2.12. The highest BCUT2D eigenvalue weighted by Gasteiger charge is 2.70. The Balaban J connectivity index is 2.20. The summed E-state index contributed by atoms with van der Waals surface area (Å²) < 4.78 is 5.90. The van der Waals surface area contributed by atoms with Crippen molar-refractivity contribution in [2.75, 3.05) is 25.7 Å². The van der Waals surface area contributed by atoms with E-state index in [4.69, 9.17) is 10.5 Å². The minimum Gasteiger partial charge on any atom is -0.377 e. The molecule has 4 unspecified atom stereocenters. The lowest BCUT2D eigenvalue weighted by Gasteiger charge is -2.65. The Labute approximate surface area is 133 Å². The first kappa shape index (κ1) is 17.1. The SMILES string of the molecule is CCC(CSC)N(C)C(=O)C1(N)C2CCCOC2C1(C)C. The van der Waals surface area contributed by atoms with Gasteiger partial charge in [0.25, 0.3) is 0 Å². The molecule has 4 nitrogen and oxygen atoms in total. The van der Waals surface area contributed by atoms with Gasteiger partial charge in [0.1, 0.15) is 5.54 Å². The molecule has 1 aliphatic carbocycles. The van der Waals surface area contributed by atoms with Crippen LogP contribution in [-0.2, 0) is 9.53 Å². The summed E-state index contributed by atoms with van der Waals surface area (Å²) in [6.07, 6.45) is 5.19. The summed E-state index contributed by atoms with van der Waals surface area (Å²) in [5.41, 5.74) is 5.62. The Bertz CT molecular complexity index is 402. The second kappa shape index (κ2) is 6.09. The molecule has 0 radical (unpaired) electrons. The van der Waals surface area contributed by atoms with Crippen LogP contribution in [0.2, 0.25) is 0 Å². The largest absolute Gasteiger partial charge is 0.377 e. The van der Waals surface area contributed by atoms with Crippen molar-refractivity contribution in [3.8, 4) is 0 Å². The molecule has 0 spiro atoms. The van der Waals surface area contributed by atoms with Crippen molar-refractivity contribution in [3.05, 3.63) is 0 Å². The van der Waals surface area contributed by atoms with E-state index in [-0.39, 0.29) is 29.4 Å². The van der Waals surface area contributed by atoms with Crippen LogP contribution in [0.25, 0.3) is 0 Å². The van der Waals surface area contributed by atoms with Gasteiger partial charge in [0.05, 0.1) is 6.10 Å². The van der Waals surface area contributed by atoms with E-state index >= 15 is 0 Å². The maximum atomic E-state index is 13.1. The number of carbonyl (C=O) groups is 1. The third-order valence-corrected chi connectivity index (χ3v) is 6.46. The molecule has 2 rings (SSSR count). The summed E-state index contributed by atoms with van der Waals surface area (Å²) >= 11 is 1.78. The fraction of sp³-hybridized carbons (Fsp3) is 0.938. The van der Waals surface area contributed by atoms with E-state index in [1.807, 2.05) is 11.9 Å². The van der Waals surface area contributed by atoms with E-state index in [1.54, 1.807) is 11.8 Å². The van der Waals surface area contributed by atoms with Gasteiger partial charge in [-0.1, -0.05) is 20.8 Å². The Kier molecular flexibility index (Phi) is 4.96. The van der Waals surface area contributed by atoms with E-state index in [0.29, 0.717) is 0 Å². The van der Waals surface area contributed by atoms with Crippen LogP contribution in [0.5, 0.6) is 0 Å². The normalized spacial score (nSPS) is 35.5. The standard InChI is InChI=1S/C16H30N2O2S/c1-6-11(10-21-5)18(4)14(19)16(17)12-8-7-9-20-13(12)15(16,2)3/h11-13H,6-10,17H2,1-5H3. The summed E-state index contributed by atoms with van der Waals surface area (Å²) in [6.45, 7) is 7.10. The van der Waals surface area contributed by atoms with Gasteiger partial charge >= 0.3 is 0 Å². The zero-order valence-corrected chi connectivity index (χ0v) is 14.8. The van der Waals surface area contributed by atoms with Gasteiger partial charge in [-0.25, -0.2) is 0 Å². The van der Waals surface area contributed by atoms with Gasteiger partial charge < -0.3 is 15.4 Å². The molecule has 122 valence electrons. The van der Waals surface area contributed by atoms with Gasteiger partial charge in [-0.05, 0) is 25.5 Å². The molecule has 2 N–H and O–H groups in total. The second-order valence-electron chi connectivity index (χ2n) is 7.06. The van der Waals surface area contributed by atoms with Crippen molar-refractivity contribution in [2.45, 2.75) is 57.7 Å². The number of thioether (sulfide) groups is 1. The van der Waals surface area contributed by atoms with E-state index in [0.717, 1.165) is 31.6 Å². The Morgan fingerprint density at radius 3 is 2.76 bits per heavy atom. The molecule has 1 aliphatic heterocycles. The van der Waals surface area contributed by atoms with Gasteiger partial charge in [-0.3, -0.25) is 4.79 Å². The smallest absolute Gasteiger partial charge is 0.243 e. The molecular formula is C16H30N2O2S. The molecule has 21 heavy (non-hydrogen) atoms. The molecular weight excluding hydrogens is 284 g/mol. The number of amides is 1. The van der Waals surface area contributed by atoms with Crippen LogP contribution >= 0.6 is 11.8 Å². The zero-order chi connectivity index (χ0) is 15.8. The number of nitrogens with zero attached hydrogens (tertiary/aromatic N) is 1. The predicted molar refractivity (Wildman–Crippen MR) is 88.4 cm³/mol. The fourth-order valence-corrected chi connectivity index (χ4v) is 5.01. The lowest BCUT2D eigenvalue weighted by Crippen LogP contribution is -2.82. The number of likely N-dealkylation sites (N-methyl/N-ethyl adjacent to an activating group) is 1. The van der Waals surface area contributed by atoms with Crippen LogP contribution in [0, 0.1) is 11.3 Å². The molecule has 2 aliphatic rings. The molecule has 1 saturated carbocycles. The van der Waals surface area contributed by atoms with Crippen LogP contribution in [0.1, 0.15) is 40.0 Å².